The first-order valence-electron chi connectivity index (χ1n) is 11.3. The summed E-state index contributed by atoms with van der Waals surface area (Å²) in [5, 5.41) is 19.8. The van der Waals surface area contributed by atoms with Crippen molar-refractivity contribution in [2.24, 2.45) is 0 Å². The van der Waals surface area contributed by atoms with Gasteiger partial charge in [0.25, 0.3) is 5.91 Å². The highest BCUT2D eigenvalue weighted by molar-refractivity contribution is 6.30. The third-order valence-corrected chi connectivity index (χ3v) is 6.39. The zero-order valence-corrected chi connectivity index (χ0v) is 20.6. The van der Waals surface area contributed by atoms with Gasteiger partial charge in [-0.25, -0.2) is 9.48 Å². The number of ether oxygens (including phenoxy) is 1. The maximum Gasteiger partial charge on any atom is 0.356 e. The SMILES string of the molecule is CNC(=O)c1ccc2c(c1)OCC(NCCc1c(C(=O)O)nn(Cc3ccccc3)c1Cl)C(=O)N2C. The highest BCUT2D eigenvalue weighted by Crippen LogP contribution is 2.31. The number of aromatic nitrogens is 2. The minimum absolute atomic E-state index is 0.0418. The standard InChI is InChI=1S/C25H26ClN5O5/c1-27-23(32)16-8-9-19-20(12-16)36-14-18(24(33)30(19)2)28-11-10-17-21(25(34)35)29-31(22(17)26)13-15-6-4-3-5-7-15/h3-9,12,18,28H,10-11,13-14H2,1-2H3,(H,27,32)(H,34,35). The van der Waals surface area contributed by atoms with Crippen LogP contribution in [0.1, 0.15) is 32.0 Å². The maximum absolute atomic E-state index is 13.0. The molecule has 0 radical (unpaired) electrons. The Bertz CT molecular complexity index is 1290. The van der Waals surface area contributed by atoms with Crippen molar-refractivity contribution in [2.75, 3.05) is 32.1 Å². The number of carboxylic acid groups (broad SMARTS) is 1. The molecule has 2 aromatic carbocycles. The molecule has 36 heavy (non-hydrogen) atoms. The number of rotatable bonds is 8. The summed E-state index contributed by atoms with van der Waals surface area (Å²) >= 11 is 6.51. The maximum atomic E-state index is 13.0. The van der Waals surface area contributed by atoms with E-state index in [1.807, 2.05) is 30.3 Å². The zero-order valence-electron chi connectivity index (χ0n) is 19.8. The Kier molecular flexibility index (Phi) is 7.56. The van der Waals surface area contributed by atoms with E-state index >= 15 is 0 Å². The van der Waals surface area contributed by atoms with Gasteiger partial charge in [-0.2, -0.15) is 5.10 Å². The van der Waals surface area contributed by atoms with E-state index in [9.17, 15) is 19.5 Å². The van der Waals surface area contributed by atoms with Crippen LogP contribution in [0.3, 0.4) is 0 Å². The smallest absolute Gasteiger partial charge is 0.356 e. The van der Waals surface area contributed by atoms with Crippen LogP contribution in [0.5, 0.6) is 5.75 Å². The van der Waals surface area contributed by atoms with E-state index in [4.69, 9.17) is 16.3 Å². The lowest BCUT2D eigenvalue weighted by molar-refractivity contribution is -0.120. The predicted octanol–water partition coefficient (Wildman–Crippen LogP) is 2.20. The summed E-state index contributed by atoms with van der Waals surface area (Å²) in [6.07, 6.45) is 0.247. The van der Waals surface area contributed by atoms with Crippen molar-refractivity contribution >= 4 is 35.1 Å². The van der Waals surface area contributed by atoms with Gasteiger partial charge in [0, 0.05) is 31.8 Å². The molecule has 0 fully saturated rings. The van der Waals surface area contributed by atoms with E-state index in [2.05, 4.69) is 15.7 Å². The summed E-state index contributed by atoms with van der Waals surface area (Å²) in [6, 6.07) is 13.7. The van der Waals surface area contributed by atoms with Gasteiger partial charge in [-0.15, -0.1) is 0 Å². The molecule has 188 valence electrons. The molecule has 1 atom stereocenters. The van der Waals surface area contributed by atoms with Gasteiger partial charge in [0.1, 0.15) is 23.6 Å². The number of aromatic carboxylic acids is 1. The van der Waals surface area contributed by atoms with E-state index in [0.29, 0.717) is 29.1 Å². The summed E-state index contributed by atoms with van der Waals surface area (Å²) in [5.41, 5.74) is 2.18. The number of nitrogens with one attached hydrogen (secondary N) is 2. The van der Waals surface area contributed by atoms with Crippen LogP contribution in [0.15, 0.2) is 48.5 Å². The van der Waals surface area contributed by atoms with Crippen molar-refractivity contribution in [1.82, 2.24) is 20.4 Å². The number of hydrogen-bond donors (Lipinski definition) is 3. The summed E-state index contributed by atoms with van der Waals surface area (Å²) < 4.78 is 7.32. The molecule has 0 aliphatic carbocycles. The number of carboxylic acids is 1. The molecule has 0 saturated heterocycles. The molecule has 3 aromatic rings. The fourth-order valence-corrected chi connectivity index (χ4v) is 4.32. The Hall–Kier alpha value is -3.89. The van der Waals surface area contributed by atoms with Crippen molar-refractivity contribution in [3.8, 4) is 5.75 Å². The van der Waals surface area contributed by atoms with E-state index in [1.165, 1.54) is 16.6 Å². The molecule has 4 rings (SSSR count). The lowest BCUT2D eigenvalue weighted by Crippen LogP contribution is -2.47. The molecular formula is C25H26ClN5O5. The topological polar surface area (TPSA) is 126 Å². The van der Waals surface area contributed by atoms with Gasteiger partial charge in [0.2, 0.25) is 5.91 Å². The van der Waals surface area contributed by atoms with Crippen LogP contribution in [0, 0.1) is 0 Å². The molecule has 1 aliphatic rings. The number of carbonyl (C=O) groups is 3. The lowest BCUT2D eigenvalue weighted by Gasteiger charge is -2.20. The van der Waals surface area contributed by atoms with E-state index in [-0.39, 0.29) is 42.2 Å². The zero-order chi connectivity index (χ0) is 25.8. The molecule has 3 N–H and O–H groups in total. The van der Waals surface area contributed by atoms with Gasteiger partial charge >= 0.3 is 5.97 Å². The molecule has 0 bridgehead atoms. The van der Waals surface area contributed by atoms with Gasteiger partial charge in [-0.05, 0) is 30.2 Å². The Morgan fingerprint density at radius 3 is 2.67 bits per heavy atom. The second-order valence-corrected chi connectivity index (χ2v) is 8.65. The van der Waals surface area contributed by atoms with Crippen LogP contribution in [0.2, 0.25) is 5.15 Å². The van der Waals surface area contributed by atoms with E-state index < -0.39 is 12.0 Å². The van der Waals surface area contributed by atoms with Crippen molar-refractivity contribution < 1.29 is 24.2 Å². The van der Waals surface area contributed by atoms with E-state index in [1.54, 1.807) is 25.2 Å². The van der Waals surface area contributed by atoms with Crippen LogP contribution < -0.4 is 20.3 Å². The minimum Gasteiger partial charge on any atom is -0.489 e. The average molecular weight is 512 g/mol. The van der Waals surface area contributed by atoms with Gasteiger partial charge in [-0.1, -0.05) is 41.9 Å². The largest absolute Gasteiger partial charge is 0.489 e. The van der Waals surface area contributed by atoms with Crippen LogP contribution in [0.25, 0.3) is 0 Å². The highest BCUT2D eigenvalue weighted by atomic mass is 35.5. The molecule has 1 aliphatic heterocycles. The number of halogens is 1. The number of anilines is 1. The number of fused-ring (bicyclic) bond motifs is 1. The summed E-state index contributed by atoms with van der Waals surface area (Å²) in [4.78, 5) is 38.3. The monoisotopic (exact) mass is 511 g/mol. The number of likely N-dealkylation sites (N-methyl/N-ethyl adjacent to an activating group) is 1. The van der Waals surface area contributed by atoms with Gasteiger partial charge < -0.3 is 25.4 Å². The molecular weight excluding hydrogens is 486 g/mol. The summed E-state index contributed by atoms with van der Waals surface area (Å²) in [5.74, 6) is -1.22. The second-order valence-electron chi connectivity index (χ2n) is 8.29. The molecule has 0 spiro atoms. The molecule has 1 unspecified atom stereocenters. The first kappa shape index (κ1) is 25.2. The van der Waals surface area contributed by atoms with Gasteiger partial charge in [-0.3, -0.25) is 9.59 Å². The molecule has 2 heterocycles. The lowest BCUT2D eigenvalue weighted by atomic mass is 10.1. The Balaban J connectivity index is 1.46. The summed E-state index contributed by atoms with van der Waals surface area (Å²) in [7, 11) is 3.18. The van der Waals surface area contributed by atoms with Gasteiger partial charge in [0.15, 0.2) is 5.69 Å². The van der Waals surface area contributed by atoms with Crippen molar-refractivity contribution in [1.29, 1.82) is 0 Å². The van der Waals surface area contributed by atoms with Crippen LogP contribution >= 0.6 is 11.6 Å². The average Bonchev–Trinajstić information content (AvgIpc) is 3.14. The summed E-state index contributed by atoms with van der Waals surface area (Å²) in [6.45, 7) is 0.647. The third kappa shape index (κ3) is 5.19. The first-order chi connectivity index (χ1) is 17.3. The van der Waals surface area contributed by atoms with Crippen molar-refractivity contribution in [2.45, 2.75) is 19.0 Å². The number of carbonyl (C=O) groups excluding carboxylic acids is 2. The van der Waals surface area contributed by atoms with Crippen LogP contribution in [-0.2, 0) is 17.8 Å². The molecule has 10 nitrogen and oxygen atoms in total. The normalized spacial score (nSPS) is 15.1. The Morgan fingerprint density at radius 2 is 1.97 bits per heavy atom. The fourth-order valence-electron chi connectivity index (χ4n) is 4.04. The first-order valence-corrected chi connectivity index (χ1v) is 11.7. The highest BCUT2D eigenvalue weighted by Gasteiger charge is 2.30. The van der Waals surface area contributed by atoms with Crippen LogP contribution in [-0.4, -0.2) is 66.0 Å². The van der Waals surface area contributed by atoms with Crippen molar-refractivity contribution in [3.05, 3.63) is 76.1 Å². The number of hydrogen-bond acceptors (Lipinski definition) is 6. The van der Waals surface area contributed by atoms with Crippen LogP contribution in [0.4, 0.5) is 5.69 Å². The molecule has 11 heteroatoms. The second kappa shape index (κ2) is 10.8. The predicted molar refractivity (Wildman–Crippen MR) is 134 cm³/mol. The minimum atomic E-state index is -1.17. The molecule has 1 aromatic heterocycles. The van der Waals surface area contributed by atoms with Crippen molar-refractivity contribution in [3.63, 3.8) is 0 Å². The molecule has 2 amide bonds. The van der Waals surface area contributed by atoms with Gasteiger partial charge in [0.05, 0.1) is 12.2 Å². The number of benzene rings is 2. The Morgan fingerprint density at radius 1 is 1.22 bits per heavy atom. The third-order valence-electron chi connectivity index (χ3n) is 5.97. The molecule has 0 saturated carbocycles. The van der Waals surface area contributed by atoms with E-state index in [0.717, 1.165) is 5.56 Å². The number of amides is 2. The Labute approximate surface area is 212 Å². The fraction of sp³-hybridized carbons (Fsp3) is 0.280. The number of nitrogens with zero attached hydrogens (tertiary/aromatic N) is 3. The quantitative estimate of drug-likeness (QED) is 0.423.